The van der Waals surface area contributed by atoms with Crippen molar-refractivity contribution in [2.24, 2.45) is 4.99 Å². The second kappa shape index (κ2) is 12.9. The lowest BCUT2D eigenvalue weighted by Crippen LogP contribution is -2.50. The van der Waals surface area contributed by atoms with Crippen molar-refractivity contribution in [1.29, 1.82) is 0 Å². The average Bonchev–Trinajstić information content (AvgIpc) is 2.79. The van der Waals surface area contributed by atoms with Gasteiger partial charge in [0.1, 0.15) is 0 Å². The summed E-state index contributed by atoms with van der Waals surface area (Å²) in [7, 11) is 0. The summed E-state index contributed by atoms with van der Waals surface area (Å²) in [6.07, 6.45) is 5.66. The van der Waals surface area contributed by atoms with Gasteiger partial charge in [0.25, 0.3) is 0 Å². The van der Waals surface area contributed by atoms with E-state index in [0.29, 0.717) is 38.6 Å². The van der Waals surface area contributed by atoms with Crippen molar-refractivity contribution in [1.82, 2.24) is 30.5 Å². The van der Waals surface area contributed by atoms with Crippen LogP contribution in [0, 0.1) is 0 Å². The van der Waals surface area contributed by atoms with Crippen LogP contribution in [0.1, 0.15) is 19.0 Å². The van der Waals surface area contributed by atoms with Gasteiger partial charge < -0.3 is 20.4 Å². The van der Waals surface area contributed by atoms with Crippen molar-refractivity contribution < 1.29 is 4.79 Å². The van der Waals surface area contributed by atoms with Gasteiger partial charge in [0.15, 0.2) is 5.96 Å². The maximum atomic E-state index is 12.5. The van der Waals surface area contributed by atoms with Crippen LogP contribution in [0.15, 0.2) is 47.8 Å². The minimum Gasteiger partial charge on any atom is -0.357 e. The van der Waals surface area contributed by atoms with Gasteiger partial charge in [0.2, 0.25) is 11.9 Å². The van der Waals surface area contributed by atoms with Gasteiger partial charge in [-0.1, -0.05) is 6.07 Å². The van der Waals surface area contributed by atoms with Gasteiger partial charge in [-0.15, -0.1) is 24.0 Å². The number of hydrogen-bond acceptors (Lipinski definition) is 6. The first kappa shape index (κ1) is 23.8. The molecule has 30 heavy (non-hydrogen) atoms. The molecule has 1 aliphatic heterocycles. The van der Waals surface area contributed by atoms with Crippen molar-refractivity contribution >= 4 is 41.8 Å². The fourth-order valence-corrected chi connectivity index (χ4v) is 3.05. The highest BCUT2D eigenvalue weighted by atomic mass is 127. The largest absolute Gasteiger partial charge is 0.357 e. The van der Waals surface area contributed by atoms with Crippen LogP contribution in [0.3, 0.4) is 0 Å². The highest BCUT2D eigenvalue weighted by Crippen LogP contribution is 2.10. The summed E-state index contributed by atoms with van der Waals surface area (Å²) in [6.45, 7) is 6.66. The number of carbonyl (C=O) groups is 1. The molecule has 0 bridgehead atoms. The van der Waals surface area contributed by atoms with E-state index in [-0.39, 0.29) is 29.9 Å². The van der Waals surface area contributed by atoms with E-state index in [1.54, 1.807) is 24.7 Å². The van der Waals surface area contributed by atoms with Crippen molar-refractivity contribution in [3.05, 3.63) is 48.5 Å². The Bertz CT molecular complexity index is 782. The summed E-state index contributed by atoms with van der Waals surface area (Å²) >= 11 is 0. The smallest absolute Gasteiger partial charge is 0.225 e. The summed E-state index contributed by atoms with van der Waals surface area (Å²) in [4.78, 5) is 33.9. The van der Waals surface area contributed by atoms with Crippen LogP contribution in [0.2, 0.25) is 0 Å². The van der Waals surface area contributed by atoms with Crippen LogP contribution in [0.4, 0.5) is 5.95 Å². The number of halogens is 1. The van der Waals surface area contributed by atoms with Gasteiger partial charge in [-0.25, -0.2) is 15.0 Å². The molecule has 1 amide bonds. The number of piperazine rings is 1. The Hall–Kier alpha value is -2.50. The first-order valence-corrected chi connectivity index (χ1v) is 9.98. The molecular formula is C20H29IN8O. The number of aromatic nitrogens is 3. The van der Waals surface area contributed by atoms with E-state index in [1.807, 2.05) is 30.0 Å². The maximum absolute atomic E-state index is 12.5. The molecule has 3 rings (SSSR count). The summed E-state index contributed by atoms with van der Waals surface area (Å²) in [5.74, 6) is 1.56. The molecule has 9 nitrogen and oxygen atoms in total. The first-order chi connectivity index (χ1) is 14.3. The third-order valence-electron chi connectivity index (χ3n) is 4.57. The Morgan fingerprint density at radius 3 is 2.43 bits per heavy atom. The fraction of sp³-hybridized carbons (Fsp3) is 0.450. The van der Waals surface area contributed by atoms with Crippen LogP contribution in [0.5, 0.6) is 0 Å². The predicted octanol–water partition coefficient (Wildman–Crippen LogP) is 1.28. The number of amides is 1. The second-order valence-corrected chi connectivity index (χ2v) is 6.61. The van der Waals surface area contributed by atoms with E-state index in [0.717, 1.165) is 31.3 Å². The van der Waals surface area contributed by atoms with Crippen molar-refractivity contribution in [2.75, 3.05) is 44.2 Å². The Morgan fingerprint density at radius 2 is 1.77 bits per heavy atom. The molecule has 0 aliphatic carbocycles. The van der Waals surface area contributed by atoms with Crippen LogP contribution in [-0.2, 0) is 11.3 Å². The minimum absolute atomic E-state index is 0. The van der Waals surface area contributed by atoms with E-state index in [2.05, 4.69) is 35.5 Å². The molecule has 0 saturated carbocycles. The zero-order valence-electron chi connectivity index (χ0n) is 17.2. The van der Waals surface area contributed by atoms with Gasteiger partial charge in [0, 0.05) is 64.3 Å². The van der Waals surface area contributed by atoms with Crippen molar-refractivity contribution in [2.45, 2.75) is 19.9 Å². The van der Waals surface area contributed by atoms with Crippen LogP contribution < -0.4 is 15.5 Å². The summed E-state index contributed by atoms with van der Waals surface area (Å²) in [6, 6.07) is 7.57. The second-order valence-electron chi connectivity index (χ2n) is 6.61. The molecule has 0 unspecified atom stereocenters. The summed E-state index contributed by atoms with van der Waals surface area (Å²) in [5, 5.41) is 6.42. The molecule has 1 fully saturated rings. The molecule has 2 N–H and O–H groups in total. The van der Waals surface area contributed by atoms with E-state index >= 15 is 0 Å². The van der Waals surface area contributed by atoms with Gasteiger partial charge in [-0.3, -0.25) is 9.78 Å². The molecule has 2 aromatic heterocycles. The van der Waals surface area contributed by atoms with Gasteiger partial charge in [-0.2, -0.15) is 0 Å². The number of hydrogen-bond donors (Lipinski definition) is 2. The standard InChI is InChI=1S/C20H28N8O.HI/c1-2-21-19(26-16-17-6-3-4-8-22-17)23-11-7-18(29)27-12-14-28(15-13-27)20-24-9-5-10-25-20;/h3-6,8-10H,2,7,11-16H2,1H3,(H2,21,23,26);1H. The van der Waals surface area contributed by atoms with Crippen molar-refractivity contribution in [3.8, 4) is 0 Å². The van der Waals surface area contributed by atoms with Crippen LogP contribution in [-0.4, -0.2) is 71.0 Å². The van der Waals surface area contributed by atoms with Gasteiger partial charge in [-0.05, 0) is 25.1 Å². The third kappa shape index (κ3) is 7.39. The normalized spacial score (nSPS) is 14.1. The maximum Gasteiger partial charge on any atom is 0.225 e. The molecule has 162 valence electrons. The predicted molar refractivity (Wildman–Crippen MR) is 128 cm³/mol. The highest BCUT2D eigenvalue weighted by Gasteiger charge is 2.22. The molecule has 0 aromatic carbocycles. The topological polar surface area (TPSA) is 98.6 Å². The molecule has 0 atom stereocenters. The summed E-state index contributed by atoms with van der Waals surface area (Å²) < 4.78 is 0. The number of nitrogens with one attached hydrogen (secondary N) is 2. The van der Waals surface area contributed by atoms with Crippen LogP contribution >= 0.6 is 24.0 Å². The number of nitrogens with zero attached hydrogens (tertiary/aromatic N) is 6. The summed E-state index contributed by atoms with van der Waals surface area (Å²) in [5.41, 5.74) is 0.904. The van der Waals surface area contributed by atoms with E-state index in [9.17, 15) is 4.79 Å². The van der Waals surface area contributed by atoms with Gasteiger partial charge in [0.05, 0.1) is 12.2 Å². The van der Waals surface area contributed by atoms with Gasteiger partial charge >= 0.3 is 0 Å². The van der Waals surface area contributed by atoms with E-state index < -0.39 is 0 Å². The zero-order valence-corrected chi connectivity index (χ0v) is 19.5. The number of rotatable bonds is 7. The number of aliphatic imine (C=N–C) groups is 1. The molecule has 0 spiro atoms. The Labute approximate surface area is 194 Å². The molecule has 2 aromatic rings. The fourth-order valence-electron chi connectivity index (χ4n) is 3.05. The quantitative estimate of drug-likeness (QED) is 0.320. The Morgan fingerprint density at radius 1 is 1.03 bits per heavy atom. The van der Waals surface area contributed by atoms with E-state index in [1.165, 1.54) is 0 Å². The lowest BCUT2D eigenvalue weighted by molar-refractivity contribution is -0.131. The monoisotopic (exact) mass is 524 g/mol. The molecule has 1 aliphatic rings. The molecule has 3 heterocycles. The van der Waals surface area contributed by atoms with Crippen molar-refractivity contribution in [3.63, 3.8) is 0 Å². The number of guanidine groups is 1. The number of anilines is 1. The highest BCUT2D eigenvalue weighted by molar-refractivity contribution is 14.0. The molecule has 0 radical (unpaired) electrons. The zero-order chi connectivity index (χ0) is 20.3. The Kier molecular flexibility index (Phi) is 10.3. The first-order valence-electron chi connectivity index (χ1n) is 9.98. The molecule has 1 saturated heterocycles. The number of pyridine rings is 1. The SMILES string of the molecule is CCNC(=NCc1ccccn1)NCCC(=O)N1CCN(c2ncccn2)CC1.I. The van der Waals surface area contributed by atoms with E-state index in [4.69, 9.17) is 0 Å². The lowest BCUT2D eigenvalue weighted by atomic mass is 10.3. The average molecular weight is 524 g/mol. The van der Waals surface area contributed by atoms with Crippen LogP contribution in [0.25, 0.3) is 0 Å². The third-order valence-corrected chi connectivity index (χ3v) is 4.57. The number of carbonyl (C=O) groups excluding carboxylic acids is 1. The minimum atomic E-state index is 0. The Balaban J connectivity index is 0.00000320. The molecular weight excluding hydrogens is 495 g/mol. The molecule has 10 heteroatoms. The lowest BCUT2D eigenvalue weighted by Gasteiger charge is -2.34.